The van der Waals surface area contributed by atoms with Crippen molar-refractivity contribution in [2.75, 3.05) is 0 Å². The summed E-state index contributed by atoms with van der Waals surface area (Å²) in [6.45, 7) is 2.26. The van der Waals surface area contributed by atoms with Crippen molar-refractivity contribution in [2.45, 2.75) is 51.9 Å². The first kappa shape index (κ1) is 14.1. The van der Waals surface area contributed by atoms with E-state index < -0.39 is 5.95 Å². The van der Waals surface area contributed by atoms with Gasteiger partial charge in [-0.15, -0.1) is 0 Å². The van der Waals surface area contributed by atoms with Gasteiger partial charge in [0.25, 0.3) is 0 Å². The Morgan fingerprint density at radius 2 is 2.05 bits per heavy atom. The van der Waals surface area contributed by atoms with Gasteiger partial charge >= 0.3 is 0 Å². The van der Waals surface area contributed by atoms with Crippen LogP contribution in [0.25, 0.3) is 0 Å². The van der Waals surface area contributed by atoms with E-state index >= 15 is 0 Å². The molecule has 102 valence electrons. The molecule has 1 nitrogen and oxygen atoms in total. The fourth-order valence-electron chi connectivity index (χ4n) is 2.72. The van der Waals surface area contributed by atoms with E-state index in [4.69, 9.17) is 0 Å². The summed E-state index contributed by atoms with van der Waals surface area (Å²) in [7, 11) is 0. The highest BCUT2D eigenvalue weighted by Crippen LogP contribution is 2.31. The van der Waals surface area contributed by atoms with Gasteiger partial charge < -0.3 is 0 Å². The average Bonchev–Trinajstić information content (AvgIpc) is 2.46. The summed E-state index contributed by atoms with van der Waals surface area (Å²) in [5.74, 6) is 7.44. The van der Waals surface area contributed by atoms with Gasteiger partial charge in [0, 0.05) is 17.7 Å². The molecule has 1 heterocycles. The van der Waals surface area contributed by atoms with E-state index in [-0.39, 0.29) is 0 Å². The summed E-state index contributed by atoms with van der Waals surface area (Å²) in [5.41, 5.74) is 0.814. The highest BCUT2D eigenvalue weighted by atomic mass is 19.1. The molecule has 0 bridgehead atoms. The molecule has 19 heavy (non-hydrogen) atoms. The predicted octanol–water partition coefficient (Wildman–Crippen LogP) is 4.57. The van der Waals surface area contributed by atoms with E-state index in [1.54, 1.807) is 6.07 Å². The lowest BCUT2D eigenvalue weighted by Crippen LogP contribution is -2.13. The van der Waals surface area contributed by atoms with Gasteiger partial charge in [-0.2, -0.15) is 4.39 Å². The van der Waals surface area contributed by atoms with Crippen LogP contribution in [0.15, 0.2) is 18.3 Å². The predicted molar refractivity (Wildman–Crippen MR) is 76.0 cm³/mol. The van der Waals surface area contributed by atoms with Gasteiger partial charge in [-0.05, 0) is 43.7 Å². The first-order valence-corrected chi connectivity index (χ1v) is 7.41. The SMILES string of the molecule is CCCC[C@H]1CC[C@H](C#Cc2ccc(F)nc2)CC1. The van der Waals surface area contributed by atoms with E-state index in [9.17, 15) is 4.39 Å². The van der Waals surface area contributed by atoms with Crippen LogP contribution in [0.5, 0.6) is 0 Å². The maximum absolute atomic E-state index is 12.7. The summed E-state index contributed by atoms with van der Waals surface area (Å²) < 4.78 is 12.7. The van der Waals surface area contributed by atoms with Crippen molar-refractivity contribution in [3.8, 4) is 11.8 Å². The topological polar surface area (TPSA) is 12.9 Å². The molecule has 2 heteroatoms. The lowest BCUT2D eigenvalue weighted by atomic mass is 9.80. The second-order valence-electron chi connectivity index (χ2n) is 5.50. The Hall–Kier alpha value is -1.36. The lowest BCUT2D eigenvalue weighted by molar-refractivity contribution is 0.296. The zero-order valence-corrected chi connectivity index (χ0v) is 11.7. The third kappa shape index (κ3) is 4.67. The Balaban J connectivity index is 1.81. The third-order valence-electron chi connectivity index (χ3n) is 3.96. The highest BCUT2D eigenvalue weighted by molar-refractivity contribution is 5.31. The Morgan fingerprint density at radius 1 is 1.26 bits per heavy atom. The molecule has 0 radical (unpaired) electrons. The van der Waals surface area contributed by atoms with Crippen molar-refractivity contribution >= 4 is 0 Å². The Labute approximate surface area is 115 Å². The van der Waals surface area contributed by atoms with Crippen LogP contribution in [-0.2, 0) is 0 Å². The minimum Gasteiger partial charge on any atom is -0.227 e. The molecule has 0 saturated heterocycles. The minimum atomic E-state index is -0.443. The highest BCUT2D eigenvalue weighted by Gasteiger charge is 2.19. The largest absolute Gasteiger partial charge is 0.227 e. The van der Waals surface area contributed by atoms with Crippen LogP contribution >= 0.6 is 0 Å². The summed E-state index contributed by atoms with van der Waals surface area (Å²) in [5, 5.41) is 0. The number of halogens is 1. The molecule has 1 fully saturated rings. The van der Waals surface area contributed by atoms with Crippen LogP contribution in [0, 0.1) is 29.6 Å². The summed E-state index contributed by atoms with van der Waals surface area (Å²) in [4.78, 5) is 3.62. The lowest BCUT2D eigenvalue weighted by Gasteiger charge is -2.25. The molecule has 0 aliphatic heterocycles. The van der Waals surface area contributed by atoms with Crippen LogP contribution in [0.2, 0.25) is 0 Å². The van der Waals surface area contributed by atoms with Crippen LogP contribution < -0.4 is 0 Å². The molecule has 0 N–H and O–H groups in total. The zero-order valence-electron chi connectivity index (χ0n) is 11.7. The number of unbranched alkanes of at least 4 members (excludes halogenated alkanes) is 1. The molecule has 2 rings (SSSR count). The summed E-state index contributed by atoms with van der Waals surface area (Å²) >= 11 is 0. The quantitative estimate of drug-likeness (QED) is 0.572. The smallest absolute Gasteiger partial charge is 0.212 e. The zero-order chi connectivity index (χ0) is 13.5. The van der Waals surface area contributed by atoms with Crippen LogP contribution in [0.1, 0.15) is 57.4 Å². The van der Waals surface area contributed by atoms with Gasteiger partial charge in [-0.25, -0.2) is 4.98 Å². The van der Waals surface area contributed by atoms with E-state index in [0.29, 0.717) is 5.92 Å². The van der Waals surface area contributed by atoms with E-state index in [1.807, 2.05) is 0 Å². The van der Waals surface area contributed by atoms with Gasteiger partial charge in [0.15, 0.2) is 0 Å². The Kier molecular flexibility index (Phi) is 5.39. The number of hydrogen-bond acceptors (Lipinski definition) is 1. The van der Waals surface area contributed by atoms with Crippen molar-refractivity contribution in [1.29, 1.82) is 0 Å². The van der Waals surface area contributed by atoms with Gasteiger partial charge in [-0.1, -0.05) is 38.0 Å². The van der Waals surface area contributed by atoms with Crippen LogP contribution in [0.4, 0.5) is 4.39 Å². The second-order valence-corrected chi connectivity index (χ2v) is 5.50. The molecule has 1 aromatic rings. The summed E-state index contributed by atoms with van der Waals surface area (Å²) in [6, 6.07) is 3.06. The van der Waals surface area contributed by atoms with Crippen molar-refractivity contribution < 1.29 is 4.39 Å². The molecule has 0 atom stereocenters. The van der Waals surface area contributed by atoms with Crippen molar-refractivity contribution in [1.82, 2.24) is 4.98 Å². The van der Waals surface area contributed by atoms with E-state index in [0.717, 1.165) is 11.5 Å². The molecule has 1 saturated carbocycles. The van der Waals surface area contributed by atoms with Gasteiger partial charge in [-0.3, -0.25) is 0 Å². The molecule has 0 unspecified atom stereocenters. The molecule has 0 amide bonds. The van der Waals surface area contributed by atoms with Gasteiger partial charge in [0.2, 0.25) is 5.95 Å². The normalized spacial score (nSPS) is 22.6. The molecular weight excluding hydrogens is 237 g/mol. The number of rotatable bonds is 3. The van der Waals surface area contributed by atoms with E-state index in [2.05, 4.69) is 23.7 Å². The van der Waals surface area contributed by atoms with Crippen molar-refractivity contribution in [3.63, 3.8) is 0 Å². The number of nitrogens with zero attached hydrogens (tertiary/aromatic N) is 1. The van der Waals surface area contributed by atoms with Crippen molar-refractivity contribution in [2.24, 2.45) is 11.8 Å². The van der Waals surface area contributed by atoms with Gasteiger partial charge in [0.1, 0.15) is 0 Å². The molecule has 1 aromatic heterocycles. The third-order valence-corrected chi connectivity index (χ3v) is 3.96. The Morgan fingerprint density at radius 3 is 2.68 bits per heavy atom. The van der Waals surface area contributed by atoms with Crippen molar-refractivity contribution in [3.05, 3.63) is 29.8 Å². The second kappa shape index (κ2) is 7.28. The van der Waals surface area contributed by atoms with Crippen LogP contribution in [-0.4, -0.2) is 4.98 Å². The maximum atomic E-state index is 12.7. The molecule has 1 aliphatic carbocycles. The average molecular weight is 259 g/mol. The summed E-state index contributed by atoms with van der Waals surface area (Å²) in [6.07, 6.45) is 10.6. The number of pyridine rings is 1. The fraction of sp³-hybridized carbons (Fsp3) is 0.588. The molecule has 0 spiro atoms. The van der Waals surface area contributed by atoms with Gasteiger partial charge in [0.05, 0.1) is 0 Å². The standard InChI is InChI=1S/C17H22FN/c1-2-3-4-14-5-7-15(8-6-14)9-10-16-11-12-17(18)19-13-16/h11-15H,2-8H2,1H3/t14-,15-. The fourth-order valence-corrected chi connectivity index (χ4v) is 2.72. The molecule has 1 aliphatic rings. The molecule has 0 aromatic carbocycles. The monoisotopic (exact) mass is 259 g/mol. The number of hydrogen-bond donors (Lipinski definition) is 0. The minimum absolute atomic E-state index is 0.443. The first-order chi connectivity index (χ1) is 9.28. The van der Waals surface area contributed by atoms with E-state index in [1.165, 1.54) is 57.2 Å². The Bertz CT molecular complexity index is 433. The number of aromatic nitrogens is 1. The van der Waals surface area contributed by atoms with Crippen LogP contribution in [0.3, 0.4) is 0 Å². The first-order valence-electron chi connectivity index (χ1n) is 7.41. The maximum Gasteiger partial charge on any atom is 0.212 e. The molecular formula is C17H22FN.